The van der Waals surface area contributed by atoms with E-state index in [0.29, 0.717) is 5.56 Å². The number of hydrogen-bond acceptors (Lipinski definition) is 4. The molecule has 0 bridgehead atoms. The summed E-state index contributed by atoms with van der Waals surface area (Å²) in [5.74, 6) is -0.983. The molecule has 4 nitrogen and oxygen atoms in total. The summed E-state index contributed by atoms with van der Waals surface area (Å²) in [5.41, 5.74) is 16.2. The maximum Gasteiger partial charge on any atom is 0.149 e. The van der Waals surface area contributed by atoms with Crippen LogP contribution in [0.15, 0.2) is 12.1 Å². The number of anilines is 1. The fourth-order valence-corrected chi connectivity index (χ4v) is 1.03. The Labute approximate surface area is 87.3 Å². The van der Waals surface area contributed by atoms with Gasteiger partial charge in [0.25, 0.3) is 0 Å². The molecule has 14 heavy (non-hydrogen) atoms. The zero-order valence-corrected chi connectivity index (χ0v) is 8.22. The van der Waals surface area contributed by atoms with Gasteiger partial charge in [-0.1, -0.05) is 6.07 Å². The van der Waals surface area contributed by atoms with Crippen LogP contribution in [0.25, 0.3) is 0 Å². The van der Waals surface area contributed by atoms with Crippen LogP contribution in [-0.2, 0) is 0 Å². The highest BCUT2D eigenvalue weighted by Gasteiger charge is 2.13. The molecule has 1 atom stereocenters. The molecule has 0 amide bonds. The Morgan fingerprint density at radius 2 is 2.00 bits per heavy atom. The predicted octanol–water partition coefficient (Wildman–Crippen LogP) is 0.494. The number of phenols is 1. The monoisotopic (exact) mass is 221 g/mol. The van der Waals surface area contributed by atoms with Gasteiger partial charge < -0.3 is 22.3 Å². The van der Waals surface area contributed by atoms with Gasteiger partial charge in [-0.05, 0) is 6.07 Å². The van der Waals surface area contributed by atoms with Gasteiger partial charge in [0.15, 0.2) is 0 Å². The summed E-state index contributed by atoms with van der Waals surface area (Å²) >= 11 is 0. The van der Waals surface area contributed by atoms with Crippen LogP contribution in [0.5, 0.6) is 5.75 Å². The fourth-order valence-electron chi connectivity index (χ4n) is 1.03. The molecule has 1 aromatic carbocycles. The molecular formula is C8H13ClFN3O. The SMILES string of the molecule is Cl.NC[C@@H](N)c1ccc(F)c(N)c1O. The van der Waals surface area contributed by atoms with Crippen molar-refractivity contribution in [1.82, 2.24) is 0 Å². The topological polar surface area (TPSA) is 98.3 Å². The summed E-state index contributed by atoms with van der Waals surface area (Å²) in [5, 5.41) is 9.38. The number of nitrogens with two attached hydrogens (primary N) is 3. The van der Waals surface area contributed by atoms with E-state index in [1.165, 1.54) is 6.07 Å². The molecule has 0 saturated heterocycles. The van der Waals surface area contributed by atoms with E-state index in [2.05, 4.69) is 0 Å². The highest BCUT2D eigenvalue weighted by Crippen LogP contribution is 2.30. The average Bonchev–Trinajstić information content (AvgIpc) is 2.13. The molecule has 0 aliphatic rings. The largest absolute Gasteiger partial charge is 0.505 e. The van der Waals surface area contributed by atoms with E-state index >= 15 is 0 Å². The van der Waals surface area contributed by atoms with Crippen molar-refractivity contribution in [3.8, 4) is 5.75 Å². The highest BCUT2D eigenvalue weighted by atomic mass is 35.5. The molecular weight excluding hydrogens is 209 g/mol. The molecule has 80 valence electrons. The molecule has 0 aromatic heterocycles. The van der Waals surface area contributed by atoms with Gasteiger partial charge in [0, 0.05) is 18.2 Å². The molecule has 1 rings (SSSR count). The van der Waals surface area contributed by atoms with E-state index < -0.39 is 11.9 Å². The maximum absolute atomic E-state index is 12.8. The molecule has 0 saturated carbocycles. The van der Waals surface area contributed by atoms with Gasteiger partial charge in [0.05, 0.1) is 0 Å². The smallest absolute Gasteiger partial charge is 0.149 e. The van der Waals surface area contributed by atoms with Gasteiger partial charge in [0.2, 0.25) is 0 Å². The molecule has 0 radical (unpaired) electrons. The van der Waals surface area contributed by atoms with E-state index in [-0.39, 0.29) is 30.4 Å². The van der Waals surface area contributed by atoms with Crippen molar-refractivity contribution in [1.29, 1.82) is 0 Å². The molecule has 0 unspecified atom stereocenters. The summed E-state index contributed by atoms with van der Waals surface area (Å²) in [7, 11) is 0. The number of benzene rings is 1. The first-order valence-corrected chi connectivity index (χ1v) is 3.80. The number of aromatic hydroxyl groups is 1. The Kier molecular flexibility index (Phi) is 4.62. The second-order valence-electron chi connectivity index (χ2n) is 2.74. The van der Waals surface area contributed by atoms with Crippen molar-refractivity contribution >= 4 is 18.1 Å². The van der Waals surface area contributed by atoms with Crippen molar-refractivity contribution < 1.29 is 9.50 Å². The zero-order valence-electron chi connectivity index (χ0n) is 7.40. The van der Waals surface area contributed by atoms with Crippen molar-refractivity contribution in [2.45, 2.75) is 6.04 Å². The van der Waals surface area contributed by atoms with E-state index in [0.717, 1.165) is 6.07 Å². The van der Waals surface area contributed by atoms with Gasteiger partial charge in [0.1, 0.15) is 17.3 Å². The first kappa shape index (κ1) is 13.0. The number of rotatable bonds is 2. The highest BCUT2D eigenvalue weighted by molar-refractivity contribution is 5.85. The van der Waals surface area contributed by atoms with Gasteiger partial charge in [-0.25, -0.2) is 4.39 Å². The molecule has 0 fully saturated rings. The van der Waals surface area contributed by atoms with Crippen LogP contribution < -0.4 is 17.2 Å². The summed E-state index contributed by atoms with van der Waals surface area (Å²) < 4.78 is 12.8. The summed E-state index contributed by atoms with van der Waals surface area (Å²) in [6, 6.07) is 2.00. The Morgan fingerprint density at radius 3 is 2.50 bits per heavy atom. The van der Waals surface area contributed by atoms with E-state index in [4.69, 9.17) is 17.2 Å². The number of halogens is 2. The van der Waals surface area contributed by atoms with Gasteiger partial charge in [-0.3, -0.25) is 0 Å². The molecule has 0 heterocycles. The second kappa shape index (κ2) is 4.99. The van der Waals surface area contributed by atoms with Crippen molar-refractivity contribution in [2.75, 3.05) is 12.3 Å². The van der Waals surface area contributed by atoms with E-state index in [1.807, 2.05) is 0 Å². The minimum Gasteiger partial charge on any atom is -0.505 e. The maximum atomic E-state index is 12.8. The zero-order chi connectivity index (χ0) is 10.0. The third-order valence-electron chi connectivity index (χ3n) is 1.85. The first-order valence-electron chi connectivity index (χ1n) is 3.80. The molecule has 0 aliphatic carbocycles. The van der Waals surface area contributed by atoms with Crippen LogP contribution in [0.4, 0.5) is 10.1 Å². The summed E-state index contributed by atoms with van der Waals surface area (Å²) in [6.07, 6.45) is 0. The van der Waals surface area contributed by atoms with E-state index in [1.54, 1.807) is 0 Å². The van der Waals surface area contributed by atoms with Gasteiger partial charge in [-0.2, -0.15) is 0 Å². The van der Waals surface area contributed by atoms with Gasteiger partial charge >= 0.3 is 0 Å². The molecule has 6 heteroatoms. The predicted molar refractivity (Wildman–Crippen MR) is 55.7 cm³/mol. The average molecular weight is 222 g/mol. The lowest BCUT2D eigenvalue weighted by molar-refractivity contribution is 0.459. The van der Waals surface area contributed by atoms with Crippen molar-refractivity contribution in [2.24, 2.45) is 11.5 Å². The second-order valence-corrected chi connectivity index (χ2v) is 2.74. The molecule has 0 aliphatic heterocycles. The Balaban J connectivity index is 0.00000169. The molecule has 0 spiro atoms. The standard InChI is InChI=1S/C8H12FN3O.ClH/c9-5-2-1-4(6(11)3-10)8(13)7(5)12;/h1-2,6,13H,3,10-12H2;1H/t6-;/m1./s1. The Bertz CT molecular complexity index is 322. The third-order valence-corrected chi connectivity index (χ3v) is 1.85. The van der Waals surface area contributed by atoms with Gasteiger partial charge in [-0.15, -0.1) is 12.4 Å². The van der Waals surface area contributed by atoms with Crippen molar-refractivity contribution in [3.05, 3.63) is 23.5 Å². The normalized spacial score (nSPS) is 11.9. The number of phenolic OH excluding ortho intramolecular Hbond substituents is 1. The lowest BCUT2D eigenvalue weighted by Crippen LogP contribution is -2.21. The minimum absolute atomic E-state index is 0. The lowest BCUT2D eigenvalue weighted by atomic mass is 10.1. The van der Waals surface area contributed by atoms with Crippen LogP contribution in [0.1, 0.15) is 11.6 Å². The van der Waals surface area contributed by atoms with Crippen LogP contribution in [0.2, 0.25) is 0 Å². The Morgan fingerprint density at radius 1 is 1.43 bits per heavy atom. The number of nitrogen functional groups attached to an aromatic ring is 1. The first-order chi connectivity index (χ1) is 6.07. The summed E-state index contributed by atoms with van der Waals surface area (Å²) in [4.78, 5) is 0. The Hall–Kier alpha value is -1.04. The van der Waals surface area contributed by atoms with Crippen LogP contribution >= 0.6 is 12.4 Å². The minimum atomic E-state index is -0.662. The van der Waals surface area contributed by atoms with Crippen molar-refractivity contribution in [3.63, 3.8) is 0 Å². The number of hydrogen-bond donors (Lipinski definition) is 4. The van der Waals surface area contributed by atoms with Crippen LogP contribution in [0, 0.1) is 5.82 Å². The lowest BCUT2D eigenvalue weighted by Gasteiger charge is -2.12. The van der Waals surface area contributed by atoms with Crippen LogP contribution in [-0.4, -0.2) is 11.7 Å². The van der Waals surface area contributed by atoms with E-state index in [9.17, 15) is 9.50 Å². The molecule has 1 aromatic rings. The quantitative estimate of drug-likeness (QED) is 0.432. The third kappa shape index (κ3) is 2.25. The van der Waals surface area contributed by atoms with Crippen LogP contribution in [0.3, 0.4) is 0 Å². The molecule has 7 N–H and O–H groups in total. The fraction of sp³-hybridized carbons (Fsp3) is 0.250. The summed E-state index contributed by atoms with van der Waals surface area (Å²) in [6.45, 7) is 0.165.